The van der Waals surface area contributed by atoms with Gasteiger partial charge in [0.25, 0.3) is 11.8 Å². The van der Waals surface area contributed by atoms with Crippen molar-refractivity contribution in [2.24, 2.45) is 0 Å². The van der Waals surface area contributed by atoms with E-state index in [0.29, 0.717) is 26.2 Å². The zero-order chi connectivity index (χ0) is 47.2. The van der Waals surface area contributed by atoms with E-state index < -0.39 is 37.0 Å². The molecule has 0 aliphatic carbocycles. The van der Waals surface area contributed by atoms with Gasteiger partial charge in [0.2, 0.25) is 11.8 Å². The lowest BCUT2D eigenvalue weighted by Crippen LogP contribution is -2.42. The number of carbonyl (C=O) groups excluding carboxylic acids is 6. The summed E-state index contributed by atoms with van der Waals surface area (Å²) in [5, 5.41) is 5.28. The van der Waals surface area contributed by atoms with Crippen LogP contribution in [0.2, 0.25) is 0 Å². The molecule has 0 radical (unpaired) electrons. The van der Waals surface area contributed by atoms with E-state index in [0.717, 1.165) is 97.3 Å². The van der Waals surface area contributed by atoms with Gasteiger partial charge in [-0.3, -0.25) is 19.2 Å². The highest BCUT2D eigenvalue weighted by atomic mass is 16.5. The predicted octanol–water partition coefficient (Wildman–Crippen LogP) is 9.35. The monoisotopic (exact) mass is 903 g/mol. The van der Waals surface area contributed by atoms with E-state index in [4.69, 9.17) is 18.9 Å². The van der Waals surface area contributed by atoms with Crippen molar-refractivity contribution in [3.8, 4) is 11.5 Å². The second-order valence-corrected chi connectivity index (χ2v) is 16.8. The Morgan fingerprint density at radius 1 is 0.422 bits per heavy atom. The molecule has 1 rings (SSSR count). The number of methoxy groups -OCH3 is 2. The summed E-state index contributed by atoms with van der Waals surface area (Å²) in [6.45, 7) is 9.71. The van der Waals surface area contributed by atoms with Crippen molar-refractivity contribution < 1.29 is 47.7 Å². The van der Waals surface area contributed by atoms with Gasteiger partial charge in [-0.15, -0.1) is 0 Å². The molecular formula is C50H86N4O10. The minimum Gasteiger partial charge on any atom is -0.483 e. The van der Waals surface area contributed by atoms with E-state index in [1.807, 2.05) is 9.80 Å². The molecule has 0 saturated heterocycles. The Bertz CT molecular complexity index is 1340. The zero-order valence-corrected chi connectivity index (χ0v) is 40.8. The van der Waals surface area contributed by atoms with Gasteiger partial charge in [0.1, 0.15) is 22.6 Å². The molecule has 0 atom stereocenters. The highest BCUT2D eigenvalue weighted by Crippen LogP contribution is 2.31. The van der Waals surface area contributed by atoms with Gasteiger partial charge in [-0.05, 0) is 31.7 Å². The van der Waals surface area contributed by atoms with Crippen molar-refractivity contribution in [2.45, 2.75) is 182 Å². The molecule has 0 saturated carbocycles. The average molecular weight is 903 g/mol. The number of hydrogen-bond acceptors (Lipinski definition) is 10. The van der Waals surface area contributed by atoms with E-state index in [2.05, 4.69) is 38.3 Å². The Balaban J connectivity index is 2.98. The van der Waals surface area contributed by atoms with Gasteiger partial charge in [0.15, 0.2) is 13.2 Å². The quantitative estimate of drug-likeness (QED) is 0.0478. The lowest BCUT2D eigenvalue weighted by atomic mass is 10.1. The first-order valence-electron chi connectivity index (χ1n) is 24.8. The van der Waals surface area contributed by atoms with E-state index in [1.165, 1.54) is 83.1 Å². The third kappa shape index (κ3) is 26.4. The highest BCUT2D eigenvalue weighted by molar-refractivity contribution is 5.99. The summed E-state index contributed by atoms with van der Waals surface area (Å²) in [7, 11) is 2.31. The number of amides is 4. The van der Waals surface area contributed by atoms with E-state index in [1.54, 1.807) is 0 Å². The van der Waals surface area contributed by atoms with Crippen molar-refractivity contribution >= 4 is 35.6 Å². The molecule has 0 aliphatic heterocycles. The molecule has 14 nitrogen and oxygen atoms in total. The number of esters is 2. The topological polar surface area (TPSA) is 170 Å². The number of nitrogens with one attached hydrogen (secondary N) is 2. The minimum absolute atomic E-state index is 0.153. The summed E-state index contributed by atoms with van der Waals surface area (Å²) in [6, 6.07) is 2.36. The molecule has 366 valence electrons. The molecule has 0 heterocycles. The molecule has 0 unspecified atom stereocenters. The van der Waals surface area contributed by atoms with Crippen LogP contribution in [0, 0.1) is 0 Å². The van der Waals surface area contributed by atoms with Crippen LogP contribution in [0.5, 0.6) is 11.5 Å². The molecule has 0 spiro atoms. The number of benzene rings is 1. The van der Waals surface area contributed by atoms with Gasteiger partial charge in [-0.25, -0.2) is 9.59 Å². The van der Waals surface area contributed by atoms with Gasteiger partial charge < -0.3 is 39.4 Å². The standard InChI is InChI=1S/C50H86N4O10/c1-7-11-15-19-23-27-31-53(32-28-24-20-16-12-8-2)47(57)37-51-45(55)39-63-43-36-44(42(50(60)62-6)35-41(43)49(59)61-5)64-40-46(56)52-38-48(58)54(33-29-25-21-17-13-9-3)34-30-26-22-18-14-10-4/h35-36H,7-34,37-40H2,1-6H3,(H,51,55)(H,52,56). The van der Waals surface area contributed by atoms with Crippen LogP contribution in [0.1, 0.15) is 203 Å². The molecule has 64 heavy (non-hydrogen) atoms. The maximum Gasteiger partial charge on any atom is 0.341 e. The molecule has 0 aliphatic rings. The van der Waals surface area contributed by atoms with Crippen molar-refractivity contribution in [1.29, 1.82) is 0 Å². The first-order chi connectivity index (χ1) is 31.1. The van der Waals surface area contributed by atoms with Gasteiger partial charge in [0.05, 0.1) is 27.3 Å². The van der Waals surface area contributed by atoms with Crippen LogP contribution in [0.3, 0.4) is 0 Å². The van der Waals surface area contributed by atoms with Crippen molar-refractivity contribution in [1.82, 2.24) is 20.4 Å². The lowest BCUT2D eigenvalue weighted by Gasteiger charge is -2.23. The minimum atomic E-state index is -0.856. The Morgan fingerprint density at radius 3 is 0.984 bits per heavy atom. The zero-order valence-electron chi connectivity index (χ0n) is 40.8. The molecular weight excluding hydrogens is 817 g/mol. The summed E-state index contributed by atoms with van der Waals surface area (Å²) in [5.41, 5.74) is -0.372. The summed E-state index contributed by atoms with van der Waals surface area (Å²) >= 11 is 0. The average Bonchev–Trinajstić information content (AvgIpc) is 3.30. The van der Waals surface area contributed by atoms with Crippen LogP contribution >= 0.6 is 0 Å². The maximum absolute atomic E-state index is 13.3. The Hall–Kier alpha value is -4.36. The van der Waals surface area contributed by atoms with E-state index >= 15 is 0 Å². The van der Waals surface area contributed by atoms with Crippen LogP contribution in [0.4, 0.5) is 0 Å². The second kappa shape index (κ2) is 38.0. The SMILES string of the molecule is CCCCCCCCN(CCCCCCCC)C(=O)CNC(=O)COc1cc(OCC(=O)NCC(=O)N(CCCCCCCC)CCCCCCCC)c(C(=O)OC)cc1C(=O)OC. The molecule has 1 aromatic rings. The number of carbonyl (C=O) groups is 6. The van der Waals surface area contributed by atoms with Gasteiger partial charge in [0, 0.05) is 32.2 Å². The first kappa shape index (κ1) is 57.7. The summed E-state index contributed by atoms with van der Waals surface area (Å²) in [4.78, 5) is 82.0. The Morgan fingerprint density at radius 2 is 0.703 bits per heavy atom. The van der Waals surface area contributed by atoms with E-state index in [-0.39, 0.29) is 47.5 Å². The fourth-order valence-corrected chi connectivity index (χ4v) is 7.35. The van der Waals surface area contributed by atoms with Crippen LogP contribution in [0.15, 0.2) is 12.1 Å². The molecule has 2 N–H and O–H groups in total. The number of rotatable bonds is 40. The van der Waals surface area contributed by atoms with Gasteiger partial charge in [-0.2, -0.15) is 0 Å². The number of ether oxygens (including phenoxy) is 4. The van der Waals surface area contributed by atoms with Crippen LogP contribution < -0.4 is 20.1 Å². The van der Waals surface area contributed by atoms with Crippen LogP contribution in [-0.4, -0.2) is 112 Å². The van der Waals surface area contributed by atoms with Crippen LogP contribution in [-0.2, 0) is 28.7 Å². The van der Waals surface area contributed by atoms with Crippen molar-refractivity contribution in [2.75, 3.05) is 66.7 Å². The molecule has 0 bridgehead atoms. The fraction of sp³-hybridized carbons (Fsp3) is 0.760. The predicted molar refractivity (Wildman–Crippen MR) is 253 cm³/mol. The Labute approximate surface area is 386 Å². The smallest absolute Gasteiger partial charge is 0.341 e. The lowest BCUT2D eigenvalue weighted by molar-refractivity contribution is -0.133. The summed E-state index contributed by atoms with van der Waals surface area (Å²) < 4.78 is 21.4. The summed E-state index contributed by atoms with van der Waals surface area (Å²) in [6.07, 6.45) is 26.6. The van der Waals surface area contributed by atoms with Crippen LogP contribution in [0.25, 0.3) is 0 Å². The second-order valence-electron chi connectivity index (χ2n) is 16.8. The third-order valence-electron chi connectivity index (χ3n) is 11.3. The third-order valence-corrected chi connectivity index (χ3v) is 11.3. The van der Waals surface area contributed by atoms with Crippen molar-refractivity contribution in [3.05, 3.63) is 23.3 Å². The first-order valence-corrected chi connectivity index (χ1v) is 24.8. The number of unbranched alkanes of at least 4 members (excludes halogenated alkanes) is 20. The van der Waals surface area contributed by atoms with Gasteiger partial charge >= 0.3 is 11.9 Å². The maximum atomic E-state index is 13.3. The Kier molecular flexibility index (Phi) is 34.2. The number of nitrogens with zero attached hydrogens (tertiary/aromatic N) is 2. The molecule has 0 fully saturated rings. The normalized spacial score (nSPS) is 10.8. The van der Waals surface area contributed by atoms with Gasteiger partial charge in [-0.1, -0.05) is 156 Å². The van der Waals surface area contributed by atoms with E-state index in [9.17, 15) is 28.8 Å². The largest absolute Gasteiger partial charge is 0.483 e. The van der Waals surface area contributed by atoms with Crippen molar-refractivity contribution in [3.63, 3.8) is 0 Å². The molecule has 1 aromatic carbocycles. The molecule has 14 heteroatoms. The fourth-order valence-electron chi connectivity index (χ4n) is 7.35. The highest BCUT2D eigenvalue weighted by Gasteiger charge is 2.25. The molecule has 4 amide bonds. The number of hydrogen-bond donors (Lipinski definition) is 2. The molecule has 0 aromatic heterocycles. The summed E-state index contributed by atoms with van der Waals surface area (Å²) in [5.74, 6) is -3.57.